The predicted molar refractivity (Wildman–Crippen MR) is 194 cm³/mol. The second-order valence-electron chi connectivity index (χ2n) is 14.0. The van der Waals surface area contributed by atoms with Gasteiger partial charge in [0.2, 0.25) is 20.0 Å². The molecule has 0 spiro atoms. The molecule has 276 valence electrons. The molecular weight excluding hydrogens is 693 g/mol. The smallest absolute Gasteiger partial charge is 0.210 e. The molecule has 0 radical (unpaired) electrons. The molecule has 0 fully saturated rings. The third-order valence-corrected chi connectivity index (χ3v) is 15.8. The molecule has 0 saturated carbocycles. The lowest BCUT2D eigenvalue weighted by Crippen LogP contribution is -2.26. The van der Waals surface area contributed by atoms with E-state index in [0.29, 0.717) is 0 Å². The maximum atomic E-state index is 10.7. The van der Waals surface area contributed by atoms with Crippen molar-refractivity contribution in [1.82, 2.24) is 8.61 Å². The van der Waals surface area contributed by atoms with Crippen LogP contribution in [0.1, 0.15) is 83.1 Å². The number of rotatable bonds is 2. The van der Waals surface area contributed by atoms with Crippen molar-refractivity contribution in [3.63, 3.8) is 0 Å². The first kappa shape index (κ1) is 56.4. The van der Waals surface area contributed by atoms with Crippen molar-refractivity contribution in [3.8, 4) is 0 Å². The predicted octanol–water partition coefficient (Wildman–Crippen LogP) is 3.00. The molecular formula is C26H66N2O10S6. The highest BCUT2D eigenvalue weighted by molar-refractivity contribution is 7.92. The van der Waals surface area contributed by atoms with E-state index < -0.39 is 70.8 Å². The highest BCUT2D eigenvalue weighted by Crippen LogP contribution is 2.12. The summed E-state index contributed by atoms with van der Waals surface area (Å²) in [5.74, 6) is 0. The highest BCUT2D eigenvalue weighted by Gasteiger charge is 2.23. The third-order valence-electron chi connectivity index (χ3n) is 5.28. The van der Waals surface area contributed by atoms with E-state index in [1.165, 1.54) is 40.7 Å². The van der Waals surface area contributed by atoms with Crippen molar-refractivity contribution < 1.29 is 42.1 Å². The van der Waals surface area contributed by atoms with Crippen LogP contribution in [0.25, 0.3) is 0 Å². The Bertz CT molecular complexity index is 1170. The van der Waals surface area contributed by atoms with E-state index in [2.05, 4.69) is 0 Å². The van der Waals surface area contributed by atoms with Crippen LogP contribution in [0.2, 0.25) is 0 Å². The number of sulfone groups is 2. The molecule has 0 aromatic heterocycles. The van der Waals surface area contributed by atoms with Crippen LogP contribution in [-0.2, 0) is 61.3 Å². The number of hydrogen-bond acceptors (Lipinski definition) is 10. The van der Waals surface area contributed by atoms with E-state index in [9.17, 15) is 42.1 Å². The zero-order chi connectivity index (χ0) is 38.3. The molecule has 18 heteroatoms. The van der Waals surface area contributed by atoms with Crippen LogP contribution in [0, 0.1) is 0 Å². The minimum atomic E-state index is -2.91. The average molecular weight is 759 g/mol. The van der Waals surface area contributed by atoms with Crippen LogP contribution < -0.4 is 0 Å². The Morgan fingerprint density at radius 2 is 0.477 bits per heavy atom. The normalized spacial score (nSPS) is 14.4. The van der Waals surface area contributed by atoms with Gasteiger partial charge in [0.15, 0.2) is 19.7 Å². The van der Waals surface area contributed by atoms with Gasteiger partial charge in [-0.05, 0) is 83.1 Å². The van der Waals surface area contributed by atoms with Gasteiger partial charge in [0.05, 0.1) is 22.0 Å². The molecule has 0 aliphatic carbocycles. The second-order valence-corrected chi connectivity index (χ2v) is 28.2. The average Bonchev–Trinajstić information content (AvgIpc) is 2.64. The summed E-state index contributed by atoms with van der Waals surface area (Å²) in [4.78, 5) is 0. The molecule has 2 unspecified atom stereocenters. The van der Waals surface area contributed by atoms with Gasteiger partial charge in [0, 0.05) is 84.3 Å². The quantitative estimate of drug-likeness (QED) is 0.407. The number of hydrogen-bond donors (Lipinski definition) is 0. The lowest BCUT2D eigenvalue weighted by Gasteiger charge is -2.14. The third kappa shape index (κ3) is 40.0. The summed E-state index contributed by atoms with van der Waals surface area (Å²) in [5.41, 5.74) is 0. The van der Waals surface area contributed by atoms with Crippen LogP contribution in [0.3, 0.4) is 0 Å². The molecule has 0 aliphatic rings. The van der Waals surface area contributed by atoms with Gasteiger partial charge < -0.3 is 0 Å². The molecule has 0 N–H and O–H groups in total. The van der Waals surface area contributed by atoms with E-state index in [-0.39, 0.29) is 9.49 Å². The molecule has 2 atom stereocenters. The Kier molecular flexibility index (Phi) is 27.0. The van der Waals surface area contributed by atoms with Gasteiger partial charge in [-0.2, -0.15) is 0 Å². The summed E-state index contributed by atoms with van der Waals surface area (Å²) < 4.78 is 106. The first-order chi connectivity index (χ1) is 18.3. The van der Waals surface area contributed by atoms with Gasteiger partial charge in [0.25, 0.3) is 0 Å². The first-order valence-electron chi connectivity index (χ1n) is 13.1. The maximum absolute atomic E-state index is 10.7. The van der Waals surface area contributed by atoms with Crippen LogP contribution in [0.4, 0.5) is 0 Å². The van der Waals surface area contributed by atoms with Crippen LogP contribution >= 0.6 is 0 Å². The zero-order valence-corrected chi connectivity index (χ0v) is 36.3. The number of nitrogens with zero attached hydrogens (tertiary/aromatic N) is 2. The zero-order valence-electron chi connectivity index (χ0n) is 31.4. The van der Waals surface area contributed by atoms with E-state index in [0.717, 1.165) is 21.1 Å². The van der Waals surface area contributed by atoms with Crippen LogP contribution in [-0.4, -0.2) is 135 Å². The Labute approximate surface area is 278 Å². The van der Waals surface area contributed by atoms with Crippen LogP contribution in [0.15, 0.2) is 0 Å². The molecule has 0 heterocycles. The largest absolute Gasteiger partial charge is 0.259 e. The van der Waals surface area contributed by atoms with E-state index in [4.69, 9.17) is 0 Å². The SMILES string of the molecule is CC(C)(C)S(C)(=O)=O.CC(C)(C)S(C)(=O)=O.CN(C)S(C)(=O)=O.CN(C)S(C)(=O)=O.CS(=O)C(C)(C)C.CS(=O)C(C)(C)C. The second kappa shape index (κ2) is 21.1. The molecule has 0 saturated heterocycles. The van der Waals surface area contributed by atoms with E-state index in [1.807, 2.05) is 41.5 Å². The summed E-state index contributed by atoms with van der Waals surface area (Å²) >= 11 is 0. The van der Waals surface area contributed by atoms with Gasteiger partial charge in [0.1, 0.15) is 0 Å². The summed E-state index contributed by atoms with van der Waals surface area (Å²) in [6.45, 7) is 21.9. The molecule has 0 aliphatic heterocycles. The van der Waals surface area contributed by atoms with Crippen molar-refractivity contribution in [2.24, 2.45) is 0 Å². The van der Waals surface area contributed by atoms with E-state index >= 15 is 0 Å². The minimum absolute atomic E-state index is 0.0278. The fourth-order valence-electron chi connectivity index (χ4n) is 0. The fourth-order valence-corrected chi connectivity index (χ4v) is 0. The van der Waals surface area contributed by atoms with Crippen molar-refractivity contribution in [2.45, 2.75) is 102 Å². The van der Waals surface area contributed by atoms with Gasteiger partial charge in [-0.3, -0.25) is 8.42 Å². The molecule has 0 amide bonds. The Morgan fingerprint density at radius 3 is 0.477 bits per heavy atom. The van der Waals surface area contributed by atoms with E-state index in [1.54, 1.807) is 54.1 Å². The van der Waals surface area contributed by atoms with Crippen molar-refractivity contribution in [1.29, 1.82) is 0 Å². The molecule has 12 nitrogen and oxygen atoms in total. The summed E-state index contributed by atoms with van der Waals surface area (Å²) in [6.07, 6.45) is 8.25. The Hall–Kier alpha value is 0.0200. The molecule has 44 heavy (non-hydrogen) atoms. The first-order valence-corrected chi connectivity index (χ1v) is 23.7. The minimum Gasteiger partial charge on any atom is -0.259 e. The molecule has 0 aromatic carbocycles. The molecule has 0 bridgehead atoms. The maximum Gasteiger partial charge on any atom is 0.210 e. The van der Waals surface area contributed by atoms with Crippen molar-refractivity contribution >= 4 is 61.3 Å². The highest BCUT2D eigenvalue weighted by atomic mass is 32.2. The lowest BCUT2D eigenvalue weighted by molar-refractivity contribution is 0.526. The topological polar surface area (TPSA) is 177 Å². The van der Waals surface area contributed by atoms with Gasteiger partial charge >= 0.3 is 0 Å². The summed E-state index contributed by atoms with van der Waals surface area (Å²) in [7, 11) is -6.88. The van der Waals surface area contributed by atoms with Gasteiger partial charge in [-0.25, -0.2) is 42.3 Å². The molecule has 0 aromatic rings. The monoisotopic (exact) mass is 758 g/mol. The van der Waals surface area contributed by atoms with Gasteiger partial charge in [-0.1, -0.05) is 0 Å². The van der Waals surface area contributed by atoms with Crippen LogP contribution in [0.5, 0.6) is 0 Å². The Balaban J connectivity index is -0.0000000986. The van der Waals surface area contributed by atoms with Crippen molar-refractivity contribution in [2.75, 3.05) is 65.7 Å². The summed E-state index contributed by atoms with van der Waals surface area (Å²) in [5, 5.41) is 0. The number of sulfonamides is 2. The fraction of sp³-hybridized carbons (Fsp3) is 1.00. The van der Waals surface area contributed by atoms with Crippen molar-refractivity contribution in [3.05, 3.63) is 0 Å². The standard InChI is InChI=1S/2C5H12O2S.2C5H12OS.2C3H9NO2S/c2*1-5(2,3)8(4,6)7;2*1-5(2,3)7(4)6;2*1-4(2)7(3,5)6/h2*1-4H3;2*1-4H3;2*1-3H3. The Morgan fingerprint density at radius 1 is 0.409 bits per heavy atom. The van der Waals surface area contributed by atoms with Gasteiger partial charge in [-0.15, -0.1) is 0 Å². The summed E-state index contributed by atoms with van der Waals surface area (Å²) in [6, 6.07) is 0. The molecule has 0 rings (SSSR count). The lowest BCUT2D eigenvalue weighted by atomic mass is 10.3.